The van der Waals surface area contributed by atoms with Crippen LogP contribution >= 0.6 is 0 Å². The summed E-state index contributed by atoms with van der Waals surface area (Å²) in [6.45, 7) is 1.48. The van der Waals surface area contributed by atoms with E-state index in [1.165, 1.54) is 12.1 Å². The van der Waals surface area contributed by atoms with E-state index >= 15 is 0 Å². The summed E-state index contributed by atoms with van der Waals surface area (Å²) in [5.74, 6) is -0.529. The quantitative estimate of drug-likeness (QED) is 0.540. The summed E-state index contributed by atoms with van der Waals surface area (Å²) < 4.78 is 22.4. The smallest absolute Gasteiger partial charge is 0.275 e. The number of rotatable bonds is 5. The molecule has 0 aliphatic carbocycles. The zero-order valence-electron chi connectivity index (χ0n) is 16.9. The number of fused-ring (bicyclic) bond motifs is 3. The Bertz CT molecular complexity index is 1320. The molecule has 1 unspecified atom stereocenters. The van der Waals surface area contributed by atoms with E-state index in [-0.39, 0.29) is 29.9 Å². The molecule has 1 N–H and O–H groups in total. The minimum Gasteiger partial charge on any atom is -0.376 e. The van der Waals surface area contributed by atoms with Crippen molar-refractivity contribution in [1.82, 2.24) is 14.3 Å². The number of ether oxygens (including phenoxy) is 1. The summed E-state index contributed by atoms with van der Waals surface area (Å²) in [6.07, 6.45) is 3.85. The van der Waals surface area contributed by atoms with E-state index in [9.17, 15) is 14.0 Å². The number of carbonyl (C=O) groups excluding carboxylic acids is 1. The van der Waals surface area contributed by atoms with E-state index in [0.29, 0.717) is 23.1 Å². The van der Waals surface area contributed by atoms with Crippen molar-refractivity contribution < 1.29 is 13.9 Å². The molecule has 0 radical (unpaired) electrons. The van der Waals surface area contributed by atoms with Gasteiger partial charge in [0.25, 0.3) is 11.5 Å². The Hall–Kier alpha value is -3.45. The van der Waals surface area contributed by atoms with Crippen LogP contribution in [-0.2, 0) is 11.3 Å². The standard InChI is InChI=1S/C24H22FN3O3/c25-18-8-5-16(6-9-18)15-28-22-13-17(23(29)26-14-19-3-2-12-31-19)7-10-20(22)27-11-1-4-21(27)24(28)30/h1,4-11,13,19H,2-3,12,14-15H2,(H,26,29). The third-order valence-electron chi connectivity index (χ3n) is 5.77. The molecule has 1 amide bonds. The number of hydrogen-bond acceptors (Lipinski definition) is 3. The lowest BCUT2D eigenvalue weighted by Gasteiger charge is -2.15. The lowest BCUT2D eigenvalue weighted by atomic mass is 10.1. The molecule has 5 rings (SSSR count). The summed E-state index contributed by atoms with van der Waals surface area (Å²) in [5, 5.41) is 2.93. The van der Waals surface area contributed by atoms with Crippen LogP contribution in [-0.4, -0.2) is 34.1 Å². The minimum atomic E-state index is -0.326. The van der Waals surface area contributed by atoms with Crippen molar-refractivity contribution in [3.8, 4) is 0 Å². The Morgan fingerprint density at radius 3 is 2.71 bits per heavy atom. The van der Waals surface area contributed by atoms with Gasteiger partial charge in [-0.05, 0) is 60.9 Å². The Kier molecular flexibility index (Phi) is 5.03. The molecule has 3 heterocycles. The summed E-state index contributed by atoms with van der Waals surface area (Å²) >= 11 is 0. The topological polar surface area (TPSA) is 64.7 Å². The van der Waals surface area contributed by atoms with Gasteiger partial charge < -0.3 is 19.0 Å². The Labute approximate surface area is 177 Å². The summed E-state index contributed by atoms with van der Waals surface area (Å²) in [7, 11) is 0. The van der Waals surface area contributed by atoms with Crippen molar-refractivity contribution in [3.63, 3.8) is 0 Å². The molecule has 158 valence electrons. The average Bonchev–Trinajstić information content (AvgIpc) is 3.48. The van der Waals surface area contributed by atoms with Gasteiger partial charge in [-0.15, -0.1) is 0 Å². The number of carbonyl (C=O) groups is 1. The van der Waals surface area contributed by atoms with Crippen molar-refractivity contribution in [2.75, 3.05) is 13.2 Å². The van der Waals surface area contributed by atoms with Gasteiger partial charge in [0.1, 0.15) is 11.3 Å². The average molecular weight is 419 g/mol. The Balaban J connectivity index is 1.56. The fraction of sp³-hybridized carbons (Fsp3) is 0.250. The van der Waals surface area contributed by atoms with Crippen LogP contribution in [0.1, 0.15) is 28.8 Å². The first-order chi connectivity index (χ1) is 15.1. The molecule has 6 nitrogen and oxygen atoms in total. The first-order valence-corrected chi connectivity index (χ1v) is 10.4. The lowest BCUT2D eigenvalue weighted by molar-refractivity contribution is 0.0858. The van der Waals surface area contributed by atoms with Crippen LogP contribution in [0.4, 0.5) is 4.39 Å². The highest BCUT2D eigenvalue weighted by Gasteiger charge is 2.18. The van der Waals surface area contributed by atoms with Gasteiger partial charge in [-0.25, -0.2) is 4.39 Å². The summed E-state index contributed by atoms with van der Waals surface area (Å²) in [6, 6.07) is 15.0. The maximum Gasteiger partial charge on any atom is 0.275 e. The number of aromatic nitrogens is 2. The first-order valence-electron chi connectivity index (χ1n) is 10.4. The highest BCUT2D eigenvalue weighted by atomic mass is 19.1. The molecule has 1 fully saturated rings. The molecule has 31 heavy (non-hydrogen) atoms. The van der Waals surface area contributed by atoms with E-state index in [1.54, 1.807) is 34.9 Å². The van der Waals surface area contributed by atoms with Crippen molar-refractivity contribution in [1.29, 1.82) is 0 Å². The molecular weight excluding hydrogens is 397 g/mol. The number of nitrogens with zero attached hydrogens (tertiary/aromatic N) is 2. The Morgan fingerprint density at radius 2 is 1.94 bits per heavy atom. The fourth-order valence-corrected chi connectivity index (χ4v) is 4.14. The molecule has 0 saturated carbocycles. The molecule has 0 bridgehead atoms. The van der Waals surface area contributed by atoms with E-state index in [0.717, 1.165) is 30.5 Å². The second-order valence-electron chi connectivity index (χ2n) is 7.83. The van der Waals surface area contributed by atoms with Crippen molar-refractivity contribution in [2.45, 2.75) is 25.5 Å². The number of nitrogens with one attached hydrogen (secondary N) is 1. The van der Waals surface area contributed by atoms with Crippen LogP contribution in [0.15, 0.2) is 65.6 Å². The van der Waals surface area contributed by atoms with Crippen LogP contribution in [0.2, 0.25) is 0 Å². The van der Waals surface area contributed by atoms with Crippen LogP contribution in [0.5, 0.6) is 0 Å². The molecule has 1 saturated heterocycles. The number of amides is 1. The largest absolute Gasteiger partial charge is 0.376 e. The van der Waals surface area contributed by atoms with E-state index in [4.69, 9.17) is 4.74 Å². The van der Waals surface area contributed by atoms with E-state index < -0.39 is 0 Å². The van der Waals surface area contributed by atoms with Gasteiger partial charge >= 0.3 is 0 Å². The molecule has 0 spiro atoms. The van der Waals surface area contributed by atoms with Crippen molar-refractivity contribution in [3.05, 3.63) is 88.1 Å². The van der Waals surface area contributed by atoms with Crippen LogP contribution < -0.4 is 10.9 Å². The number of benzene rings is 2. The maximum absolute atomic E-state index is 13.3. The minimum absolute atomic E-state index is 0.0561. The number of halogens is 1. The second kappa shape index (κ2) is 8.00. The van der Waals surface area contributed by atoms with Gasteiger partial charge in [0.05, 0.1) is 23.7 Å². The van der Waals surface area contributed by atoms with Gasteiger partial charge in [-0.1, -0.05) is 12.1 Å². The van der Waals surface area contributed by atoms with Crippen molar-refractivity contribution >= 4 is 22.5 Å². The van der Waals surface area contributed by atoms with Crippen molar-refractivity contribution in [2.24, 2.45) is 0 Å². The van der Waals surface area contributed by atoms with Gasteiger partial charge in [-0.3, -0.25) is 9.59 Å². The second-order valence-corrected chi connectivity index (χ2v) is 7.83. The predicted octanol–water partition coefficient (Wildman–Crippen LogP) is 3.35. The predicted molar refractivity (Wildman–Crippen MR) is 116 cm³/mol. The van der Waals surface area contributed by atoms with Gasteiger partial charge in [0, 0.05) is 24.9 Å². The SMILES string of the molecule is O=C(NCC1CCCO1)c1ccc2c(c1)n(Cc1ccc(F)cc1)c(=O)c1cccn12. The monoisotopic (exact) mass is 419 g/mol. The molecule has 4 aromatic rings. The van der Waals surface area contributed by atoms with Crippen LogP contribution in [0.3, 0.4) is 0 Å². The molecule has 1 aliphatic heterocycles. The Morgan fingerprint density at radius 1 is 1.10 bits per heavy atom. The number of hydrogen-bond donors (Lipinski definition) is 1. The van der Waals surface area contributed by atoms with Gasteiger partial charge in [0.2, 0.25) is 0 Å². The van der Waals surface area contributed by atoms with Crippen LogP contribution in [0.25, 0.3) is 16.6 Å². The molecule has 2 aromatic carbocycles. The molecule has 1 aliphatic rings. The summed E-state index contributed by atoms with van der Waals surface area (Å²) in [5.41, 5.74) is 3.11. The zero-order valence-corrected chi connectivity index (χ0v) is 16.9. The van der Waals surface area contributed by atoms with Gasteiger partial charge in [0.15, 0.2) is 0 Å². The highest BCUT2D eigenvalue weighted by molar-refractivity contribution is 5.97. The maximum atomic E-state index is 13.3. The van der Waals surface area contributed by atoms with E-state index in [1.807, 2.05) is 22.7 Å². The third-order valence-corrected chi connectivity index (χ3v) is 5.77. The lowest BCUT2D eigenvalue weighted by Crippen LogP contribution is -2.32. The molecule has 1 atom stereocenters. The molecule has 7 heteroatoms. The van der Waals surface area contributed by atoms with Crippen LogP contribution in [0, 0.1) is 5.82 Å². The normalized spacial score (nSPS) is 16.2. The third kappa shape index (κ3) is 3.72. The first kappa shape index (κ1) is 19.5. The van der Waals surface area contributed by atoms with E-state index in [2.05, 4.69) is 5.32 Å². The zero-order chi connectivity index (χ0) is 21.4. The molecular formula is C24H22FN3O3. The molecule has 2 aromatic heterocycles. The highest BCUT2D eigenvalue weighted by Crippen LogP contribution is 2.19. The van der Waals surface area contributed by atoms with Gasteiger partial charge in [-0.2, -0.15) is 0 Å². The summed E-state index contributed by atoms with van der Waals surface area (Å²) in [4.78, 5) is 26.0. The fourth-order valence-electron chi connectivity index (χ4n) is 4.14.